The quantitative estimate of drug-likeness (QED) is 0.809. The number of hydrogen-bond acceptors (Lipinski definition) is 3. The predicted molar refractivity (Wildman–Crippen MR) is 89.0 cm³/mol. The highest BCUT2D eigenvalue weighted by molar-refractivity contribution is 5.50. The van der Waals surface area contributed by atoms with Crippen molar-refractivity contribution in [3.8, 4) is 5.75 Å². The topological polar surface area (TPSA) is 38.5 Å². The molecule has 0 aliphatic rings. The standard InChI is InChI=1S/C18H24N2O/c1-21-18-10-5-9-17(15-18)20(13-6-12-19)14-11-16-7-3-2-4-8-16/h2-5,7-10,15H,6,11-14,19H2,1H3. The third-order valence-corrected chi connectivity index (χ3v) is 3.56. The Balaban J connectivity index is 2.06. The first kappa shape index (κ1) is 15.4. The molecule has 0 bridgehead atoms. The highest BCUT2D eigenvalue weighted by Crippen LogP contribution is 2.21. The highest BCUT2D eigenvalue weighted by Gasteiger charge is 2.07. The lowest BCUT2D eigenvalue weighted by Gasteiger charge is -2.25. The second-order valence-corrected chi connectivity index (χ2v) is 5.07. The maximum atomic E-state index is 5.67. The number of rotatable bonds is 8. The molecule has 0 fully saturated rings. The van der Waals surface area contributed by atoms with E-state index in [9.17, 15) is 0 Å². The van der Waals surface area contributed by atoms with Crippen LogP contribution in [0.2, 0.25) is 0 Å². The molecular weight excluding hydrogens is 260 g/mol. The van der Waals surface area contributed by atoms with Gasteiger partial charge in [-0.05, 0) is 37.1 Å². The minimum absolute atomic E-state index is 0.714. The molecule has 0 saturated carbocycles. The summed E-state index contributed by atoms with van der Waals surface area (Å²) in [7, 11) is 1.70. The Kier molecular flexibility index (Phi) is 6.10. The van der Waals surface area contributed by atoms with Crippen LogP contribution in [0.25, 0.3) is 0 Å². The van der Waals surface area contributed by atoms with Gasteiger partial charge in [-0.1, -0.05) is 36.4 Å². The highest BCUT2D eigenvalue weighted by atomic mass is 16.5. The first-order chi connectivity index (χ1) is 10.3. The molecule has 0 spiro atoms. The largest absolute Gasteiger partial charge is 0.497 e. The van der Waals surface area contributed by atoms with Crippen LogP contribution in [0.4, 0.5) is 5.69 Å². The van der Waals surface area contributed by atoms with Gasteiger partial charge in [-0.2, -0.15) is 0 Å². The maximum Gasteiger partial charge on any atom is 0.120 e. The molecule has 112 valence electrons. The molecule has 2 aromatic rings. The third-order valence-electron chi connectivity index (χ3n) is 3.56. The molecule has 0 unspecified atom stereocenters. The van der Waals surface area contributed by atoms with Crippen molar-refractivity contribution in [1.82, 2.24) is 0 Å². The molecule has 2 aromatic carbocycles. The van der Waals surface area contributed by atoms with Gasteiger partial charge in [0.15, 0.2) is 0 Å². The Bertz CT molecular complexity index is 528. The van der Waals surface area contributed by atoms with Gasteiger partial charge < -0.3 is 15.4 Å². The van der Waals surface area contributed by atoms with Crippen LogP contribution in [-0.4, -0.2) is 26.7 Å². The molecule has 2 rings (SSSR count). The normalized spacial score (nSPS) is 10.4. The van der Waals surface area contributed by atoms with Crippen molar-refractivity contribution in [2.45, 2.75) is 12.8 Å². The van der Waals surface area contributed by atoms with Crippen molar-refractivity contribution < 1.29 is 4.74 Å². The fourth-order valence-corrected chi connectivity index (χ4v) is 2.37. The molecule has 0 atom stereocenters. The molecular formula is C18H24N2O. The Hall–Kier alpha value is -2.00. The minimum atomic E-state index is 0.714. The summed E-state index contributed by atoms with van der Waals surface area (Å²) in [6.45, 7) is 2.67. The van der Waals surface area contributed by atoms with Gasteiger partial charge in [0, 0.05) is 24.8 Å². The average molecular weight is 284 g/mol. The molecule has 0 radical (unpaired) electrons. The van der Waals surface area contributed by atoms with Gasteiger partial charge in [-0.25, -0.2) is 0 Å². The number of benzene rings is 2. The Labute approximate surface area is 127 Å². The number of nitrogens with zero attached hydrogens (tertiary/aromatic N) is 1. The van der Waals surface area contributed by atoms with Crippen molar-refractivity contribution in [1.29, 1.82) is 0 Å². The zero-order valence-electron chi connectivity index (χ0n) is 12.7. The fourth-order valence-electron chi connectivity index (χ4n) is 2.37. The second-order valence-electron chi connectivity index (χ2n) is 5.07. The van der Waals surface area contributed by atoms with Gasteiger partial charge in [0.25, 0.3) is 0 Å². The van der Waals surface area contributed by atoms with Crippen LogP contribution in [0.5, 0.6) is 5.75 Å². The number of hydrogen-bond donors (Lipinski definition) is 1. The summed E-state index contributed by atoms with van der Waals surface area (Å²) >= 11 is 0. The maximum absolute atomic E-state index is 5.67. The zero-order valence-corrected chi connectivity index (χ0v) is 12.7. The van der Waals surface area contributed by atoms with E-state index in [1.807, 2.05) is 12.1 Å². The van der Waals surface area contributed by atoms with Crippen LogP contribution in [0, 0.1) is 0 Å². The number of ether oxygens (including phenoxy) is 1. The van der Waals surface area contributed by atoms with Gasteiger partial charge >= 0.3 is 0 Å². The van der Waals surface area contributed by atoms with E-state index in [4.69, 9.17) is 10.5 Å². The second kappa shape index (κ2) is 8.32. The van der Waals surface area contributed by atoms with E-state index in [-0.39, 0.29) is 0 Å². The molecule has 0 saturated heterocycles. The Morgan fingerprint density at radius 2 is 1.81 bits per heavy atom. The van der Waals surface area contributed by atoms with Gasteiger partial charge in [0.05, 0.1) is 7.11 Å². The van der Waals surface area contributed by atoms with Crippen molar-refractivity contribution >= 4 is 5.69 Å². The lowest BCUT2D eigenvalue weighted by molar-refractivity contribution is 0.414. The van der Waals surface area contributed by atoms with E-state index in [1.165, 1.54) is 11.3 Å². The predicted octanol–water partition coefficient (Wildman–Crippen LogP) is 3.09. The van der Waals surface area contributed by atoms with Crippen LogP contribution in [0.15, 0.2) is 54.6 Å². The van der Waals surface area contributed by atoms with E-state index in [1.54, 1.807) is 7.11 Å². The number of nitrogens with two attached hydrogens (primary N) is 1. The molecule has 0 amide bonds. The Morgan fingerprint density at radius 3 is 2.52 bits per heavy atom. The molecule has 0 heterocycles. The summed E-state index contributed by atoms with van der Waals surface area (Å²) in [6.07, 6.45) is 2.02. The SMILES string of the molecule is COc1cccc(N(CCCN)CCc2ccccc2)c1. The van der Waals surface area contributed by atoms with Crippen LogP contribution < -0.4 is 15.4 Å². The molecule has 0 aliphatic carbocycles. The number of methoxy groups -OCH3 is 1. The summed E-state index contributed by atoms with van der Waals surface area (Å²) in [4.78, 5) is 2.38. The van der Waals surface area contributed by atoms with Gasteiger partial charge in [-0.3, -0.25) is 0 Å². The summed E-state index contributed by atoms with van der Waals surface area (Å²) < 4.78 is 5.32. The lowest BCUT2D eigenvalue weighted by atomic mass is 10.1. The van der Waals surface area contributed by atoms with Crippen LogP contribution in [-0.2, 0) is 6.42 Å². The molecule has 0 aromatic heterocycles. The average Bonchev–Trinajstić information content (AvgIpc) is 2.56. The van der Waals surface area contributed by atoms with Crippen LogP contribution in [0.3, 0.4) is 0 Å². The van der Waals surface area contributed by atoms with E-state index >= 15 is 0 Å². The van der Waals surface area contributed by atoms with Crippen molar-refractivity contribution in [2.75, 3.05) is 31.6 Å². The monoisotopic (exact) mass is 284 g/mol. The first-order valence-electron chi connectivity index (χ1n) is 7.46. The van der Waals surface area contributed by atoms with Crippen molar-refractivity contribution in [3.05, 3.63) is 60.2 Å². The minimum Gasteiger partial charge on any atom is -0.497 e. The van der Waals surface area contributed by atoms with Gasteiger partial charge in [0.1, 0.15) is 5.75 Å². The molecule has 3 heteroatoms. The van der Waals surface area contributed by atoms with Crippen LogP contribution >= 0.6 is 0 Å². The molecule has 2 N–H and O–H groups in total. The van der Waals surface area contributed by atoms with Crippen molar-refractivity contribution in [2.24, 2.45) is 5.73 Å². The van der Waals surface area contributed by atoms with E-state index in [0.717, 1.165) is 31.7 Å². The molecule has 3 nitrogen and oxygen atoms in total. The molecule has 21 heavy (non-hydrogen) atoms. The van der Waals surface area contributed by atoms with E-state index in [0.29, 0.717) is 6.54 Å². The summed E-state index contributed by atoms with van der Waals surface area (Å²) in [6, 6.07) is 18.8. The first-order valence-corrected chi connectivity index (χ1v) is 7.46. The fraction of sp³-hybridized carbons (Fsp3) is 0.333. The molecule has 0 aliphatic heterocycles. The zero-order chi connectivity index (χ0) is 14.9. The van der Waals surface area contributed by atoms with Gasteiger partial charge in [0.2, 0.25) is 0 Å². The van der Waals surface area contributed by atoms with E-state index < -0.39 is 0 Å². The summed E-state index contributed by atoms with van der Waals surface area (Å²) in [5, 5.41) is 0. The Morgan fingerprint density at radius 1 is 1.00 bits per heavy atom. The van der Waals surface area contributed by atoms with Gasteiger partial charge in [-0.15, -0.1) is 0 Å². The third kappa shape index (κ3) is 4.80. The number of anilines is 1. The van der Waals surface area contributed by atoms with Crippen LogP contribution in [0.1, 0.15) is 12.0 Å². The smallest absolute Gasteiger partial charge is 0.120 e. The van der Waals surface area contributed by atoms with E-state index in [2.05, 4.69) is 47.4 Å². The van der Waals surface area contributed by atoms with Crippen molar-refractivity contribution in [3.63, 3.8) is 0 Å². The summed E-state index contributed by atoms with van der Waals surface area (Å²) in [5.74, 6) is 0.893. The summed E-state index contributed by atoms with van der Waals surface area (Å²) in [5.41, 5.74) is 8.22. The lowest BCUT2D eigenvalue weighted by Crippen LogP contribution is -2.28.